The van der Waals surface area contributed by atoms with Crippen LogP contribution < -0.4 is 10.6 Å². The summed E-state index contributed by atoms with van der Waals surface area (Å²) in [4.78, 5) is 17.3. The molecule has 0 aromatic carbocycles. The lowest BCUT2D eigenvalue weighted by atomic mass is 10.00. The van der Waals surface area contributed by atoms with Gasteiger partial charge in [0.25, 0.3) is 0 Å². The number of hydrogen-bond donors (Lipinski definition) is 1. The molecule has 88 valence electrons. The molecular formula is C12H14N4O. The SMILES string of the molecule is N#Cc1ccncc1N1CCCCC1C(N)=O. The van der Waals surface area contributed by atoms with Gasteiger partial charge in [-0.05, 0) is 25.3 Å². The van der Waals surface area contributed by atoms with E-state index in [9.17, 15) is 4.79 Å². The van der Waals surface area contributed by atoms with Gasteiger partial charge in [-0.15, -0.1) is 0 Å². The van der Waals surface area contributed by atoms with Crippen molar-refractivity contribution >= 4 is 11.6 Å². The van der Waals surface area contributed by atoms with E-state index >= 15 is 0 Å². The summed E-state index contributed by atoms with van der Waals surface area (Å²) >= 11 is 0. The number of anilines is 1. The number of nitrogens with two attached hydrogens (primary N) is 1. The van der Waals surface area contributed by atoms with Crippen LogP contribution in [-0.4, -0.2) is 23.5 Å². The van der Waals surface area contributed by atoms with Crippen LogP contribution in [0.2, 0.25) is 0 Å². The van der Waals surface area contributed by atoms with Gasteiger partial charge in [0, 0.05) is 12.7 Å². The normalized spacial score (nSPS) is 19.7. The Balaban J connectivity index is 2.36. The Morgan fingerprint density at radius 3 is 3.12 bits per heavy atom. The highest BCUT2D eigenvalue weighted by Gasteiger charge is 2.28. The first-order valence-electron chi connectivity index (χ1n) is 5.64. The second-order valence-electron chi connectivity index (χ2n) is 4.11. The predicted octanol–water partition coefficient (Wildman–Crippen LogP) is 0.797. The minimum absolute atomic E-state index is 0.319. The van der Waals surface area contributed by atoms with Gasteiger partial charge >= 0.3 is 0 Å². The molecule has 0 spiro atoms. The number of pyridine rings is 1. The molecule has 1 aromatic rings. The van der Waals surface area contributed by atoms with Gasteiger partial charge in [-0.25, -0.2) is 0 Å². The van der Waals surface area contributed by atoms with Crippen LogP contribution in [0.3, 0.4) is 0 Å². The fourth-order valence-corrected chi connectivity index (χ4v) is 2.23. The summed E-state index contributed by atoms with van der Waals surface area (Å²) in [6.07, 6.45) is 5.94. The Morgan fingerprint density at radius 2 is 2.41 bits per heavy atom. The van der Waals surface area contributed by atoms with Crippen LogP contribution in [0.4, 0.5) is 5.69 Å². The zero-order valence-electron chi connectivity index (χ0n) is 9.47. The highest BCUT2D eigenvalue weighted by molar-refractivity contribution is 5.84. The van der Waals surface area contributed by atoms with Crippen molar-refractivity contribution in [3.05, 3.63) is 24.0 Å². The molecule has 1 aromatic heterocycles. The minimum Gasteiger partial charge on any atom is -0.368 e. The van der Waals surface area contributed by atoms with Gasteiger partial charge in [0.15, 0.2) is 0 Å². The van der Waals surface area contributed by atoms with Crippen molar-refractivity contribution in [1.82, 2.24) is 4.98 Å². The number of aromatic nitrogens is 1. The highest BCUT2D eigenvalue weighted by Crippen LogP contribution is 2.26. The summed E-state index contributed by atoms with van der Waals surface area (Å²) in [6, 6.07) is 3.45. The molecule has 1 fully saturated rings. The number of carbonyl (C=O) groups excluding carboxylic acids is 1. The molecule has 17 heavy (non-hydrogen) atoms. The highest BCUT2D eigenvalue weighted by atomic mass is 16.1. The first-order valence-corrected chi connectivity index (χ1v) is 5.64. The van der Waals surface area contributed by atoms with Crippen molar-refractivity contribution in [1.29, 1.82) is 5.26 Å². The first kappa shape index (κ1) is 11.4. The summed E-state index contributed by atoms with van der Waals surface area (Å²) in [5.41, 5.74) is 6.64. The number of nitriles is 1. The van der Waals surface area contributed by atoms with Crippen LogP contribution in [0.25, 0.3) is 0 Å². The molecule has 1 amide bonds. The smallest absolute Gasteiger partial charge is 0.240 e. The van der Waals surface area contributed by atoms with Crippen molar-refractivity contribution < 1.29 is 4.79 Å². The molecule has 1 aliphatic rings. The Hall–Kier alpha value is -2.09. The third kappa shape index (κ3) is 2.21. The second kappa shape index (κ2) is 4.83. The minimum atomic E-state index is -0.336. The maximum Gasteiger partial charge on any atom is 0.240 e. The predicted molar refractivity (Wildman–Crippen MR) is 63.1 cm³/mol. The maximum absolute atomic E-state index is 11.4. The summed E-state index contributed by atoms with van der Waals surface area (Å²) in [5, 5.41) is 9.05. The van der Waals surface area contributed by atoms with Crippen LogP contribution in [0.5, 0.6) is 0 Å². The third-order valence-electron chi connectivity index (χ3n) is 3.06. The fraction of sp³-hybridized carbons (Fsp3) is 0.417. The molecule has 2 rings (SSSR count). The van der Waals surface area contributed by atoms with Crippen molar-refractivity contribution in [2.75, 3.05) is 11.4 Å². The van der Waals surface area contributed by atoms with Gasteiger partial charge in [-0.2, -0.15) is 5.26 Å². The number of amides is 1. The van der Waals surface area contributed by atoms with Crippen molar-refractivity contribution in [3.63, 3.8) is 0 Å². The lowest BCUT2D eigenvalue weighted by Crippen LogP contribution is -2.48. The van der Waals surface area contributed by atoms with E-state index < -0.39 is 0 Å². The van der Waals surface area contributed by atoms with Gasteiger partial charge < -0.3 is 10.6 Å². The molecule has 1 saturated heterocycles. The topological polar surface area (TPSA) is 83.0 Å². The van der Waals surface area contributed by atoms with Gasteiger partial charge in [-0.3, -0.25) is 9.78 Å². The van der Waals surface area contributed by atoms with E-state index in [1.165, 1.54) is 0 Å². The van der Waals surface area contributed by atoms with Crippen molar-refractivity contribution in [3.8, 4) is 6.07 Å². The summed E-state index contributed by atoms with van der Waals surface area (Å²) in [6.45, 7) is 0.744. The fourth-order valence-electron chi connectivity index (χ4n) is 2.23. The van der Waals surface area contributed by atoms with Gasteiger partial charge in [0.05, 0.1) is 17.4 Å². The summed E-state index contributed by atoms with van der Waals surface area (Å²) in [5.74, 6) is -0.336. The number of hydrogen-bond acceptors (Lipinski definition) is 4. The standard InChI is InChI=1S/C12H14N4O/c13-7-9-4-5-15-8-11(9)16-6-2-1-3-10(16)12(14)17/h4-5,8,10H,1-3,6H2,(H2,14,17). The molecule has 0 bridgehead atoms. The Bertz CT molecular complexity index is 466. The summed E-state index contributed by atoms with van der Waals surface area (Å²) in [7, 11) is 0. The average Bonchev–Trinajstić information content (AvgIpc) is 2.38. The zero-order chi connectivity index (χ0) is 12.3. The summed E-state index contributed by atoms with van der Waals surface area (Å²) < 4.78 is 0. The third-order valence-corrected chi connectivity index (χ3v) is 3.06. The van der Waals surface area contributed by atoms with Crippen LogP contribution in [0, 0.1) is 11.3 Å². The van der Waals surface area contributed by atoms with E-state index in [4.69, 9.17) is 11.0 Å². The molecule has 2 heterocycles. The number of carbonyl (C=O) groups is 1. The van der Waals surface area contributed by atoms with E-state index in [0.717, 1.165) is 25.8 Å². The van der Waals surface area contributed by atoms with E-state index in [2.05, 4.69) is 11.1 Å². The first-order chi connectivity index (χ1) is 8.24. The molecule has 0 aliphatic carbocycles. The van der Waals surface area contributed by atoms with Gasteiger partial charge in [0.1, 0.15) is 12.1 Å². The quantitative estimate of drug-likeness (QED) is 0.814. The molecule has 5 nitrogen and oxygen atoms in total. The lowest BCUT2D eigenvalue weighted by Gasteiger charge is -2.35. The lowest BCUT2D eigenvalue weighted by molar-refractivity contribution is -0.119. The maximum atomic E-state index is 11.4. The number of rotatable bonds is 2. The molecule has 0 radical (unpaired) electrons. The largest absolute Gasteiger partial charge is 0.368 e. The van der Waals surface area contributed by atoms with E-state index in [1.807, 2.05) is 4.90 Å². The molecule has 1 unspecified atom stereocenters. The van der Waals surface area contributed by atoms with E-state index in [-0.39, 0.29) is 11.9 Å². The van der Waals surface area contributed by atoms with Crippen LogP contribution in [0.15, 0.2) is 18.5 Å². The second-order valence-corrected chi connectivity index (χ2v) is 4.11. The molecule has 1 aliphatic heterocycles. The van der Waals surface area contributed by atoms with Crippen molar-refractivity contribution in [2.45, 2.75) is 25.3 Å². The Labute approximate surface area is 99.9 Å². The molecule has 1 atom stereocenters. The number of primary amides is 1. The molecular weight excluding hydrogens is 216 g/mol. The van der Waals surface area contributed by atoms with Crippen molar-refractivity contribution in [2.24, 2.45) is 5.73 Å². The van der Waals surface area contributed by atoms with Gasteiger partial charge in [-0.1, -0.05) is 0 Å². The zero-order valence-corrected chi connectivity index (χ0v) is 9.47. The number of piperidine rings is 1. The molecule has 0 saturated carbocycles. The number of nitrogens with zero attached hydrogens (tertiary/aromatic N) is 3. The van der Waals surface area contributed by atoms with E-state index in [1.54, 1.807) is 18.5 Å². The van der Waals surface area contributed by atoms with Crippen LogP contribution >= 0.6 is 0 Å². The van der Waals surface area contributed by atoms with Gasteiger partial charge in [0.2, 0.25) is 5.91 Å². The average molecular weight is 230 g/mol. The molecule has 2 N–H and O–H groups in total. The van der Waals surface area contributed by atoms with E-state index in [0.29, 0.717) is 11.3 Å². The van der Waals surface area contributed by atoms with Crippen LogP contribution in [-0.2, 0) is 4.79 Å². The van der Waals surface area contributed by atoms with Crippen LogP contribution in [0.1, 0.15) is 24.8 Å². The molecule has 5 heteroatoms. The monoisotopic (exact) mass is 230 g/mol. The Morgan fingerprint density at radius 1 is 1.59 bits per heavy atom. The Kier molecular flexibility index (Phi) is 3.24.